The van der Waals surface area contributed by atoms with Gasteiger partial charge in [0.1, 0.15) is 5.75 Å². The topological polar surface area (TPSA) is 97.8 Å². The molecule has 212 valence electrons. The predicted octanol–water partition coefficient (Wildman–Crippen LogP) is 4.70. The Hall–Kier alpha value is -3.46. The minimum Gasteiger partial charge on any atom is -0.497 e. The van der Waals surface area contributed by atoms with Gasteiger partial charge in [-0.3, -0.25) is 14.5 Å². The van der Waals surface area contributed by atoms with Crippen molar-refractivity contribution in [2.24, 2.45) is 5.92 Å². The van der Waals surface area contributed by atoms with Crippen molar-refractivity contribution in [2.45, 2.75) is 51.5 Å². The summed E-state index contributed by atoms with van der Waals surface area (Å²) in [6.45, 7) is 6.28. The first kappa shape index (κ1) is 28.5. The van der Waals surface area contributed by atoms with Crippen LogP contribution in [0.3, 0.4) is 0 Å². The van der Waals surface area contributed by atoms with E-state index in [1.807, 2.05) is 46.2 Å². The van der Waals surface area contributed by atoms with Gasteiger partial charge in [0.05, 0.1) is 26.7 Å². The average Bonchev–Trinajstić information content (AvgIpc) is 3.57. The molecule has 2 aliphatic heterocycles. The van der Waals surface area contributed by atoms with E-state index in [0.29, 0.717) is 42.6 Å². The summed E-state index contributed by atoms with van der Waals surface area (Å²) in [5, 5.41) is 10.6. The van der Waals surface area contributed by atoms with Gasteiger partial charge in [-0.2, -0.15) is 0 Å². The maximum absolute atomic E-state index is 13.6. The molecule has 2 aliphatic rings. The van der Waals surface area contributed by atoms with E-state index in [0.717, 1.165) is 36.8 Å². The molecule has 0 radical (unpaired) electrons. The van der Waals surface area contributed by atoms with Crippen LogP contribution in [-0.4, -0.2) is 74.0 Å². The molecule has 1 amide bonds. The average molecular weight is 541 g/mol. The van der Waals surface area contributed by atoms with Gasteiger partial charge in [-0.05, 0) is 48.2 Å². The Bertz CT molecular complexity index is 1130. The summed E-state index contributed by atoms with van der Waals surface area (Å²) in [5.74, 6) is 0.173. The van der Waals surface area contributed by atoms with Crippen LogP contribution in [0.4, 0.5) is 0 Å². The lowest BCUT2D eigenvalue weighted by Gasteiger charge is -2.30. The summed E-state index contributed by atoms with van der Waals surface area (Å²) < 4.78 is 22.1. The third kappa shape index (κ3) is 6.24. The van der Waals surface area contributed by atoms with E-state index in [1.54, 1.807) is 14.2 Å². The quantitative estimate of drug-likeness (QED) is 0.390. The van der Waals surface area contributed by atoms with Crippen molar-refractivity contribution in [1.29, 1.82) is 0 Å². The zero-order valence-corrected chi connectivity index (χ0v) is 23.4. The standard InChI is InChI=1S/C30H40N2O7/c1-5-7-13-31(14-8-6-2)26(33)18-32-17-23(21-15-24(37-4)29-25(16-21)38-19-39-29)27(30(34)35)28(32)20-9-11-22(36-3)12-10-20/h9-12,15-16,23,27-28H,5-8,13-14,17-19H2,1-4H3,(H,34,35)/t23-,27-,28+/m1/s1. The molecule has 0 unspecified atom stereocenters. The number of hydrogen-bond acceptors (Lipinski definition) is 7. The number of benzene rings is 2. The number of carboxylic acid groups (broad SMARTS) is 1. The fraction of sp³-hybridized carbons (Fsp3) is 0.533. The van der Waals surface area contributed by atoms with Gasteiger partial charge in [-0.1, -0.05) is 38.8 Å². The number of likely N-dealkylation sites (tertiary alicyclic amines) is 1. The van der Waals surface area contributed by atoms with Crippen LogP contribution >= 0.6 is 0 Å². The number of ether oxygens (including phenoxy) is 4. The molecule has 0 saturated carbocycles. The van der Waals surface area contributed by atoms with E-state index >= 15 is 0 Å². The van der Waals surface area contributed by atoms with Gasteiger partial charge in [-0.25, -0.2) is 0 Å². The molecule has 1 fully saturated rings. The van der Waals surface area contributed by atoms with Gasteiger partial charge in [-0.15, -0.1) is 0 Å². The maximum Gasteiger partial charge on any atom is 0.309 e. The zero-order valence-electron chi connectivity index (χ0n) is 23.4. The lowest BCUT2D eigenvalue weighted by Crippen LogP contribution is -2.42. The number of unbranched alkanes of at least 4 members (excludes halogenated alkanes) is 2. The van der Waals surface area contributed by atoms with Crippen LogP contribution in [0.5, 0.6) is 23.0 Å². The van der Waals surface area contributed by atoms with Crippen LogP contribution in [0.15, 0.2) is 36.4 Å². The highest BCUT2D eigenvalue weighted by atomic mass is 16.7. The van der Waals surface area contributed by atoms with E-state index in [2.05, 4.69) is 13.8 Å². The molecule has 0 aromatic heterocycles. The molecule has 3 atom stereocenters. The highest BCUT2D eigenvalue weighted by Gasteiger charge is 2.48. The van der Waals surface area contributed by atoms with Crippen LogP contribution < -0.4 is 18.9 Å². The number of fused-ring (bicyclic) bond motifs is 1. The lowest BCUT2D eigenvalue weighted by atomic mass is 9.82. The van der Waals surface area contributed by atoms with Crippen molar-refractivity contribution in [3.8, 4) is 23.0 Å². The third-order valence-corrected chi connectivity index (χ3v) is 7.70. The van der Waals surface area contributed by atoms with Crippen molar-refractivity contribution in [3.63, 3.8) is 0 Å². The Morgan fingerprint density at radius 2 is 1.69 bits per heavy atom. The molecule has 39 heavy (non-hydrogen) atoms. The molecule has 2 aromatic carbocycles. The molecular weight excluding hydrogens is 500 g/mol. The van der Waals surface area contributed by atoms with Crippen molar-refractivity contribution < 1.29 is 33.6 Å². The summed E-state index contributed by atoms with van der Waals surface area (Å²) in [5.41, 5.74) is 1.62. The minimum absolute atomic E-state index is 0.0310. The van der Waals surface area contributed by atoms with Gasteiger partial charge < -0.3 is 29.0 Å². The molecule has 2 heterocycles. The fourth-order valence-electron chi connectivity index (χ4n) is 5.63. The van der Waals surface area contributed by atoms with Gasteiger partial charge in [0.25, 0.3) is 0 Å². The van der Waals surface area contributed by atoms with Gasteiger partial charge in [0, 0.05) is 31.6 Å². The highest BCUT2D eigenvalue weighted by molar-refractivity contribution is 5.79. The number of methoxy groups -OCH3 is 2. The van der Waals surface area contributed by atoms with Crippen LogP contribution in [0, 0.1) is 5.92 Å². The zero-order chi connectivity index (χ0) is 27.9. The smallest absolute Gasteiger partial charge is 0.309 e. The van der Waals surface area contributed by atoms with E-state index in [9.17, 15) is 14.7 Å². The molecule has 4 rings (SSSR count). The number of carbonyl (C=O) groups excluding carboxylic acids is 1. The fourth-order valence-corrected chi connectivity index (χ4v) is 5.63. The van der Waals surface area contributed by atoms with E-state index in [1.165, 1.54) is 0 Å². The SMILES string of the molecule is CCCCN(CCCC)C(=O)CN1C[C@H](c2cc(OC)c3c(c2)OCO3)[C@@H](C(=O)O)[C@@H]1c1ccc(OC)cc1. The highest BCUT2D eigenvalue weighted by Crippen LogP contribution is 2.50. The van der Waals surface area contributed by atoms with Crippen LogP contribution in [0.1, 0.15) is 62.6 Å². The van der Waals surface area contributed by atoms with E-state index < -0.39 is 23.8 Å². The maximum atomic E-state index is 13.6. The summed E-state index contributed by atoms with van der Waals surface area (Å²) in [4.78, 5) is 30.5. The lowest BCUT2D eigenvalue weighted by molar-refractivity contribution is -0.144. The predicted molar refractivity (Wildman–Crippen MR) is 147 cm³/mol. The second-order valence-electron chi connectivity index (χ2n) is 10.2. The Kier molecular flexibility index (Phi) is 9.56. The molecule has 9 nitrogen and oxygen atoms in total. The second-order valence-corrected chi connectivity index (χ2v) is 10.2. The number of rotatable bonds is 13. The first-order valence-corrected chi connectivity index (χ1v) is 13.8. The first-order valence-electron chi connectivity index (χ1n) is 13.8. The number of nitrogens with zero attached hydrogens (tertiary/aromatic N) is 2. The minimum atomic E-state index is -0.916. The van der Waals surface area contributed by atoms with Crippen molar-refractivity contribution in [1.82, 2.24) is 9.80 Å². The molecule has 0 spiro atoms. The number of amides is 1. The molecular formula is C30H40N2O7. The Balaban J connectivity index is 1.71. The number of carbonyl (C=O) groups is 2. The van der Waals surface area contributed by atoms with E-state index in [4.69, 9.17) is 18.9 Å². The van der Waals surface area contributed by atoms with Crippen molar-refractivity contribution >= 4 is 11.9 Å². The molecule has 2 aromatic rings. The van der Waals surface area contributed by atoms with Crippen molar-refractivity contribution in [3.05, 3.63) is 47.5 Å². The normalized spacial score (nSPS) is 20.2. The molecule has 0 bridgehead atoms. The molecule has 1 N–H and O–H groups in total. The third-order valence-electron chi connectivity index (χ3n) is 7.70. The number of hydrogen-bond donors (Lipinski definition) is 1. The van der Waals surface area contributed by atoms with Crippen molar-refractivity contribution in [2.75, 3.05) is 47.2 Å². The second kappa shape index (κ2) is 13.1. The van der Waals surface area contributed by atoms with E-state index in [-0.39, 0.29) is 19.2 Å². The van der Waals surface area contributed by atoms with Gasteiger partial charge in [0.2, 0.25) is 18.4 Å². The molecule has 1 saturated heterocycles. The molecule has 0 aliphatic carbocycles. The Morgan fingerprint density at radius 3 is 2.28 bits per heavy atom. The van der Waals surface area contributed by atoms with Crippen LogP contribution in [0.2, 0.25) is 0 Å². The first-order chi connectivity index (χ1) is 18.9. The largest absolute Gasteiger partial charge is 0.497 e. The monoisotopic (exact) mass is 540 g/mol. The number of carboxylic acids is 1. The van der Waals surface area contributed by atoms with Gasteiger partial charge in [0.15, 0.2) is 11.5 Å². The van der Waals surface area contributed by atoms with Gasteiger partial charge >= 0.3 is 5.97 Å². The summed E-state index contributed by atoms with van der Waals surface area (Å²) >= 11 is 0. The molecule has 9 heteroatoms. The van der Waals surface area contributed by atoms with Crippen LogP contribution in [-0.2, 0) is 9.59 Å². The summed E-state index contributed by atoms with van der Waals surface area (Å²) in [6.07, 6.45) is 3.88. The summed E-state index contributed by atoms with van der Waals surface area (Å²) in [6, 6.07) is 10.6. The Morgan fingerprint density at radius 1 is 1.00 bits per heavy atom. The van der Waals surface area contributed by atoms with Crippen LogP contribution in [0.25, 0.3) is 0 Å². The Labute approximate surface area is 230 Å². The summed E-state index contributed by atoms with van der Waals surface area (Å²) in [7, 11) is 3.15. The number of aliphatic carboxylic acids is 1.